The van der Waals surface area contributed by atoms with Gasteiger partial charge in [-0.15, -0.1) is 0 Å². The summed E-state index contributed by atoms with van der Waals surface area (Å²) in [5.74, 6) is 0. The summed E-state index contributed by atoms with van der Waals surface area (Å²) in [5, 5.41) is 3.38. The number of aryl methyl sites for hydroxylation is 1. The summed E-state index contributed by atoms with van der Waals surface area (Å²) < 4.78 is 0. The van der Waals surface area contributed by atoms with Crippen molar-refractivity contribution in [3.63, 3.8) is 0 Å². The predicted molar refractivity (Wildman–Crippen MR) is 75.1 cm³/mol. The minimum Gasteiger partial charge on any atom is -0.256 e. The number of aromatic nitrogens is 1. The first-order valence-electron chi connectivity index (χ1n) is 5.82. The highest BCUT2D eigenvalue weighted by molar-refractivity contribution is 5.83. The van der Waals surface area contributed by atoms with E-state index in [1.54, 1.807) is 0 Å². The Balaban J connectivity index is 2.94. The van der Waals surface area contributed by atoms with Gasteiger partial charge < -0.3 is 0 Å². The quantitative estimate of drug-likeness (QED) is 0.724. The number of allylic oxidation sites excluding steroid dienone is 2. The highest BCUT2D eigenvalue weighted by Gasteiger charge is 2.00. The molecule has 0 aliphatic rings. The van der Waals surface area contributed by atoms with Gasteiger partial charge in [-0.2, -0.15) is 0 Å². The summed E-state index contributed by atoms with van der Waals surface area (Å²) >= 11 is 0. The third kappa shape index (κ3) is 2.01. The predicted octanol–water partition coefficient (Wildman–Crippen LogP) is 2.70. The molecule has 1 heteroatoms. The first-order chi connectivity index (χ1) is 8.15. The SMILES string of the molecule is C=c1/c(=C(C)\C=C/C)ccc2c(C)ccnc12. The van der Waals surface area contributed by atoms with Crippen LogP contribution in [0.1, 0.15) is 19.4 Å². The lowest BCUT2D eigenvalue weighted by Gasteiger charge is -2.03. The number of pyridine rings is 1. The lowest BCUT2D eigenvalue weighted by atomic mass is 10.1. The molecule has 0 spiro atoms. The molecule has 1 aromatic carbocycles. The van der Waals surface area contributed by atoms with Crippen LogP contribution < -0.4 is 10.4 Å². The molecule has 86 valence electrons. The summed E-state index contributed by atoms with van der Waals surface area (Å²) in [6.45, 7) is 10.4. The summed E-state index contributed by atoms with van der Waals surface area (Å²) in [4.78, 5) is 4.44. The molecule has 2 aromatic rings. The molecule has 1 nitrogen and oxygen atoms in total. The molecule has 0 N–H and O–H groups in total. The second kappa shape index (κ2) is 4.54. The van der Waals surface area contributed by atoms with Crippen molar-refractivity contribution >= 4 is 23.1 Å². The van der Waals surface area contributed by atoms with E-state index < -0.39 is 0 Å². The van der Waals surface area contributed by atoms with Gasteiger partial charge in [0.25, 0.3) is 0 Å². The zero-order valence-electron chi connectivity index (χ0n) is 10.6. The summed E-state index contributed by atoms with van der Waals surface area (Å²) in [7, 11) is 0. The Bertz CT molecular complexity index is 693. The van der Waals surface area contributed by atoms with Gasteiger partial charge in [-0.25, -0.2) is 0 Å². The summed E-state index contributed by atoms with van der Waals surface area (Å²) in [5.41, 5.74) is 3.48. The van der Waals surface area contributed by atoms with E-state index in [9.17, 15) is 0 Å². The molecule has 1 heterocycles. The van der Waals surface area contributed by atoms with Crippen molar-refractivity contribution < 1.29 is 0 Å². The zero-order valence-corrected chi connectivity index (χ0v) is 10.6. The van der Waals surface area contributed by atoms with Gasteiger partial charge in [-0.05, 0) is 43.2 Å². The second-order valence-corrected chi connectivity index (χ2v) is 4.30. The minimum absolute atomic E-state index is 1.01. The Morgan fingerprint density at radius 1 is 1.29 bits per heavy atom. The number of rotatable bonds is 1. The number of hydrogen-bond acceptors (Lipinski definition) is 1. The molecule has 0 atom stereocenters. The number of fused-ring (bicyclic) bond motifs is 1. The Kier molecular flexibility index (Phi) is 3.10. The van der Waals surface area contributed by atoms with Gasteiger partial charge in [0.2, 0.25) is 0 Å². The molecule has 0 radical (unpaired) electrons. The second-order valence-electron chi connectivity index (χ2n) is 4.30. The maximum Gasteiger partial charge on any atom is 0.0777 e. The molecule has 0 bridgehead atoms. The van der Waals surface area contributed by atoms with Crippen molar-refractivity contribution in [3.8, 4) is 0 Å². The lowest BCUT2D eigenvalue weighted by Crippen LogP contribution is -2.26. The van der Waals surface area contributed by atoms with E-state index in [4.69, 9.17) is 0 Å². The fourth-order valence-corrected chi connectivity index (χ4v) is 2.12. The average molecular weight is 223 g/mol. The van der Waals surface area contributed by atoms with Crippen molar-refractivity contribution in [1.29, 1.82) is 0 Å². The van der Waals surface area contributed by atoms with E-state index in [1.165, 1.54) is 21.7 Å². The molecular formula is C16H17N. The van der Waals surface area contributed by atoms with Crippen molar-refractivity contribution in [2.45, 2.75) is 20.8 Å². The Morgan fingerprint density at radius 3 is 2.76 bits per heavy atom. The maximum atomic E-state index is 4.44. The monoisotopic (exact) mass is 223 g/mol. The van der Waals surface area contributed by atoms with Crippen LogP contribution in [0.3, 0.4) is 0 Å². The van der Waals surface area contributed by atoms with Crippen LogP contribution in [-0.4, -0.2) is 4.98 Å². The van der Waals surface area contributed by atoms with Crippen LogP contribution in [0, 0.1) is 6.92 Å². The Hall–Kier alpha value is -1.89. The van der Waals surface area contributed by atoms with E-state index in [-0.39, 0.29) is 0 Å². The normalized spacial score (nSPS) is 13.4. The van der Waals surface area contributed by atoms with Crippen LogP contribution in [0.25, 0.3) is 23.1 Å². The van der Waals surface area contributed by atoms with Gasteiger partial charge in [0.05, 0.1) is 5.52 Å². The zero-order chi connectivity index (χ0) is 12.4. The van der Waals surface area contributed by atoms with E-state index >= 15 is 0 Å². The molecule has 1 aromatic heterocycles. The van der Waals surface area contributed by atoms with E-state index in [0.717, 1.165) is 10.7 Å². The van der Waals surface area contributed by atoms with Gasteiger partial charge in [0, 0.05) is 16.8 Å². The number of benzene rings is 1. The first-order valence-corrected chi connectivity index (χ1v) is 5.82. The molecule has 17 heavy (non-hydrogen) atoms. The topological polar surface area (TPSA) is 12.9 Å². The molecule has 2 rings (SSSR count). The van der Waals surface area contributed by atoms with Crippen LogP contribution in [0.15, 0.2) is 36.5 Å². The van der Waals surface area contributed by atoms with Crippen LogP contribution in [-0.2, 0) is 0 Å². The Morgan fingerprint density at radius 2 is 2.06 bits per heavy atom. The van der Waals surface area contributed by atoms with E-state index in [2.05, 4.69) is 43.6 Å². The molecule has 0 amide bonds. The largest absolute Gasteiger partial charge is 0.256 e. The van der Waals surface area contributed by atoms with Crippen molar-refractivity contribution in [1.82, 2.24) is 4.98 Å². The van der Waals surface area contributed by atoms with Gasteiger partial charge in [-0.3, -0.25) is 4.98 Å². The standard InChI is InChI=1S/C16H17N/c1-5-6-11(2)14-7-8-15-12(3)9-10-17-16(15)13(14)4/h5-10H,4H2,1-3H3/b6-5-,14-11-. The average Bonchev–Trinajstić information content (AvgIpc) is 2.31. The highest BCUT2D eigenvalue weighted by Crippen LogP contribution is 2.10. The molecule has 0 fully saturated rings. The first kappa shape index (κ1) is 11.6. The minimum atomic E-state index is 1.01. The lowest BCUT2D eigenvalue weighted by molar-refractivity contribution is 1.34. The Labute approximate surface area is 102 Å². The summed E-state index contributed by atoms with van der Waals surface area (Å²) in [6.07, 6.45) is 6.00. The maximum absolute atomic E-state index is 4.44. The smallest absolute Gasteiger partial charge is 0.0777 e. The molecule has 0 aliphatic carbocycles. The van der Waals surface area contributed by atoms with Crippen LogP contribution in [0.5, 0.6) is 0 Å². The summed E-state index contributed by atoms with van der Waals surface area (Å²) in [6, 6.07) is 6.30. The van der Waals surface area contributed by atoms with Crippen molar-refractivity contribution in [2.24, 2.45) is 0 Å². The van der Waals surface area contributed by atoms with Gasteiger partial charge in [0.1, 0.15) is 0 Å². The van der Waals surface area contributed by atoms with Crippen LogP contribution in [0.4, 0.5) is 0 Å². The van der Waals surface area contributed by atoms with Gasteiger partial charge in [-0.1, -0.05) is 30.9 Å². The molecular weight excluding hydrogens is 206 g/mol. The van der Waals surface area contributed by atoms with Crippen molar-refractivity contribution in [3.05, 3.63) is 52.5 Å². The van der Waals surface area contributed by atoms with Crippen LogP contribution >= 0.6 is 0 Å². The van der Waals surface area contributed by atoms with Crippen LogP contribution in [0.2, 0.25) is 0 Å². The number of hydrogen-bond donors (Lipinski definition) is 0. The van der Waals surface area contributed by atoms with E-state index in [1.807, 2.05) is 25.3 Å². The van der Waals surface area contributed by atoms with Gasteiger partial charge >= 0.3 is 0 Å². The van der Waals surface area contributed by atoms with Crippen molar-refractivity contribution in [2.75, 3.05) is 0 Å². The molecule has 0 saturated heterocycles. The van der Waals surface area contributed by atoms with E-state index in [0.29, 0.717) is 0 Å². The number of nitrogens with zero attached hydrogens (tertiary/aromatic N) is 1. The molecule has 0 saturated carbocycles. The third-order valence-electron chi connectivity index (χ3n) is 3.08. The third-order valence-corrected chi connectivity index (χ3v) is 3.08. The highest BCUT2D eigenvalue weighted by atomic mass is 14.6. The molecule has 0 unspecified atom stereocenters. The molecule has 0 aliphatic heterocycles. The van der Waals surface area contributed by atoms with Gasteiger partial charge in [0.15, 0.2) is 0 Å². The fourth-order valence-electron chi connectivity index (χ4n) is 2.12. The fraction of sp³-hybridized carbons (Fsp3) is 0.188.